The second kappa shape index (κ2) is 7.39. The summed E-state index contributed by atoms with van der Waals surface area (Å²) in [7, 11) is 0. The van der Waals surface area contributed by atoms with Crippen LogP contribution in [0.5, 0.6) is 5.75 Å². The number of rotatable bonds is 4. The van der Waals surface area contributed by atoms with Crippen molar-refractivity contribution in [1.29, 1.82) is 0 Å². The van der Waals surface area contributed by atoms with Gasteiger partial charge in [0.25, 0.3) is 0 Å². The highest BCUT2D eigenvalue weighted by atomic mass is 19.3. The van der Waals surface area contributed by atoms with Crippen LogP contribution in [0.1, 0.15) is 24.5 Å². The molecule has 148 valence electrons. The number of aryl methyl sites for hydroxylation is 1. The summed E-state index contributed by atoms with van der Waals surface area (Å²) >= 11 is 0. The molecule has 4 rings (SSSR count). The Balaban J connectivity index is 1.69. The second-order valence-electron chi connectivity index (χ2n) is 7.01. The van der Waals surface area contributed by atoms with Crippen molar-refractivity contribution in [3.8, 4) is 28.0 Å². The Morgan fingerprint density at radius 3 is 2.14 bits per heavy atom. The topological polar surface area (TPSA) is 9.23 Å². The third kappa shape index (κ3) is 3.90. The molecule has 3 aromatic rings. The van der Waals surface area contributed by atoms with Crippen LogP contribution in [0.3, 0.4) is 0 Å². The number of fused-ring (bicyclic) bond motifs is 1. The van der Waals surface area contributed by atoms with E-state index in [0.29, 0.717) is 17.2 Å². The lowest BCUT2D eigenvalue weighted by Gasteiger charge is -2.21. The Bertz CT molecular complexity index is 1060. The summed E-state index contributed by atoms with van der Waals surface area (Å²) in [5, 5.41) is 0. The van der Waals surface area contributed by atoms with Crippen molar-refractivity contribution in [2.75, 3.05) is 0 Å². The van der Waals surface area contributed by atoms with E-state index in [9.17, 15) is 17.6 Å². The van der Waals surface area contributed by atoms with Crippen LogP contribution in [0.25, 0.3) is 28.3 Å². The number of benzene rings is 3. The number of hydrogen-bond acceptors (Lipinski definition) is 1. The second-order valence-corrected chi connectivity index (χ2v) is 7.01. The highest BCUT2D eigenvalue weighted by molar-refractivity contribution is 5.75. The zero-order valence-corrected chi connectivity index (χ0v) is 15.7. The predicted octanol–water partition coefficient (Wildman–Crippen LogP) is 7.25. The first kappa shape index (κ1) is 19.2. The largest absolute Gasteiger partial charge is 0.429 e. The maximum atomic E-state index is 14.8. The van der Waals surface area contributed by atoms with Crippen LogP contribution in [0.2, 0.25) is 0 Å². The number of hydrogen-bond donors (Lipinski definition) is 0. The molecule has 1 nitrogen and oxygen atoms in total. The lowest BCUT2D eigenvalue weighted by Crippen LogP contribution is -2.23. The van der Waals surface area contributed by atoms with Crippen molar-refractivity contribution in [1.82, 2.24) is 0 Å². The van der Waals surface area contributed by atoms with Gasteiger partial charge >= 0.3 is 6.11 Å². The minimum atomic E-state index is -3.39. The van der Waals surface area contributed by atoms with Gasteiger partial charge < -0.3 is 4.74 Å². The smallest absolute Gasteiger partial charge is 0.419 e. The van der Waals surface area contributed by atoms with Crippen LogP contribution in [-0.2, 0) is 6.42 Å². The summed E-state index contributed by atoms with van der Waals surface area (Å²) in [5.74, 6) is -1.47. The van der Waals surface area contributed by atoms with Crippen LogP contribution >= 0.6 is 0 Å². The summed E-state index contributed by atoms with van der Waals surface area (Å²) in [5.41, 5.74) is 2.71. The Morgan fingerprint density at radius 1 is 0.828 bits per heavy atom. The molecule has 0 aromatic heterocycles. The van der Waals surface area contributed by atoms with Gasteiger partial charge in [0.15, 0.2) is 0 Å². The molecular formula is C24H18F4O. The van der Waals surface area contributed by atoms with Crippen LogP contribution in [0, 0.1) is 11.6 Å². The molecule has 0 bridgehead atoms. The summed E-state index contributed by atoms with van der Waals surface area (Å²) in [4.78, 5) is 0. The Labute approximate surface area is 166 Å². The van der Waals surface area contributed by atoms with Gasteiger partial charge in [-0.1, -0.05) is 43.7 Å². The van der Waals surface area contributed by atoms with Crippen molar-refractivity contribution >= 4 is 6.08 Å². The lowest BCUT2D eigenvalue weighted by atomic mass is 9.96. The van der Waals surface area contributed by atoms with Gasteiger partial charge in [0.05, 0.1) is 5.56 Å². The van der Waals surface area contributed by atoms with E-state index in [0.717, 1.165) is 18.4 Å². The van der Waals surface area contributed by atoms with Crippen molar-refractivity contribution in [2.45, 2.75) is 25.9 Å². The zero-order valence-electron chi connectivity index (χ0n) is 15.7. The molecule has 3 aromatic carbocycles. The molecule has 1 heterocycles. The van der Waals surface area contributed by atoms with Crippen LogP contribution in [-0.4, -0.2) is 6.11 Å². The summed E-state index contributed by atoms with van der Waals surface area (Å²) in [6, 6.07) is 14.3. The normalized spacial score (nSPS) is 14.4. The minimum absolute atomic E-state index is 0.0362. The summed E-state index contributed by atoms with van der Waals surface area (Å²) in [6.07, 6.45) is 0.376. The molecule has 0 spiro atoms. The standard InChI is InChI=1S/C24H18F4O/c1-2-3-15-4-6-16(7-5-15)19-13-20(25)23(21(26)14-19)18-8-9-22-17(12-18)10-11-24(27,28)29-22/h4-14H,2-3H2,1H3. The molecule has 0 amide bonds. The van der Waals surface area contributed by atoms with Crippen LogP contribution in [0.15, 0.2) is 60.7 Å². The molecule has 29 heavy (non-hydrogen) atoms. The van der Waals surface area contributed by atoms with E-state index in [2.05, 4.69) is 11.7 Å². The highest BCUT2D eigenvalue weighted by Crippen LogP contribution is 2.37. The average Bonchev–Trinajstić information content (AvgIpc) is 2.68. The van der Waals surface area contributed by atoms with E-state index in [4.69, 9.17) is 0 Å². The van der Waals surface area contributed by atoms with Gasteiger partial charge in [-0.15, -0.1) is 0 Å². The van der Waals surface area contributed by atoms with E-state index < -0.39 is 17.7 Å². The van der Waals surface area contributed by atoms with Gasteiger partial charge in [-0.05, 0) is 59.0 Å². The fourth-order valence-corrected chi connectivity index (χ4v) is 3.46. The van der Waals surface area contributed by atoms with E-state index in [-0.39, 0.29) is 16.9 Å². The Kier molecular flexibility index (Phi) is 4.91. The maximum absolute atomic E-state index is 14.8. The fraction of sp³-hybridized carbons (Fsp3) is 0.167. The molecule has 1 aliphatic rings. The summed E-state index contributed by atoms with van der Waals surface area (Å²) in [6.45, 7) is 2.09. The molecule has 0 saturated carbocycles. The number of halogens is 4. The van der Waals surface area contributed by atoms with Gasteiger partial charge in [-0.3, -0.25) is 0 Å². The van der Waals surface area contributed by atoms with Crippen molar-refractivity contribution in [3.05, 3.63) is 83.4 Å². The predicted molar refractivity (Wildman–Crippen MR) is 106 cm³/mol. The number of ether oxygens (including phenoxy) is 1. The molecule has 0 N–H and O–H groups in total. The molecule has 5 heteroatoms. The van der Waals surface area contributed by atoms with Crippen LogP contribution in [0.4, 0.5) is 17.6 Å². The number of alkyl halides is 2. The summed E-state index contributed by atoms with van der Waals surface area (Å²) < 4.78 is 60.8. The first-order chi connectivity index (χ1) is 13.9. The molecule has 0 saturated heterocycles. The van der Waals surface area contributed by atoms with E-state index in [1.807, 2.05) is 24.3 Å². The molecule has 0 aliphatic carbocycles. The first-order valence-corrected chi connectivity index (χ1v) is 9.35. The average molecular weight is 398 g/mol. The van der Waals surface area contributed by atoms with Crippen molar-refractivity contribution in [2.24, 2.45) is 0 Å². The Hall–Kier alpha value is -3.08. The lowest BCUT2D eigenvalue weighted by molar-refractivity contribution is -0.132. The molecule has 0 fully saturated rings. The minimum Gasteiger partial charge on any atom is -0.429 e. The molecular weight excluding hydrogens is 380 g/mol. The van der Waals surface area contributed by atoms with Gasteiger partial charge in [-0.2, -0.15) is 8.78 Å². The molecule has 0 radical (unpaired) electrons. The third-order valence-corrected chi connectivity index (χ3v) is 4.87. The van der Waals surface area contributed by atoms with E-state index in [1.165, 1.54) is 42.0 Å². The molecule has 0 unspecified atom stereocenters. The highest BCUT2D eigenvalue weighted by Gasteiger charge is 2.31. The zero-order chi connectivity index (χ0) is 20.6. The van der Waals surface area contributed by atoms with Gasteiger partial charge in [-0.25, -0.2) is 8.78 Å². The van der Waals surface area contributed by atoms with E-state index >= 15 is 0 Å². The molecule has 1 aliphatic heterocycles. The van der Waals surface area contributed by atoms with Gasteiger partial charge in [0.1, 0.15) is 17.4 Å². The van der Waals surface area contributed by atoms with Crippen LogP contribution < -0.4 is 4.74 Å². The Morgan fingerprint density at radius 2 is 1.48 bits per heavy atom. The van der Waals surface area contributed by atoms with Crippen molar-refractivity contribution < 1.29 is 22.3 Å². The fourth-order valence-electron chi connectivity index (χ4n) is 3.46. The van der Waals surface area contributed by atoms with Gasteiger partial charge in [0.2, 0.25) is 0 Å². The first-order valence-electron chi connectivity index (χ1n) is 9.35. The monoisotopic (exact) mass is 398 g/mol. The third-order valence-electron chi connectivity index (χ3n) is 4.87. The van der Waals surface area contributed by atoms with Crippen molar-refractivity contribution in [3.63, 3.8) is 0 Å². The molecule has 0 atom stereocenters. The maximum Gasteiger partial charge on any atom is 0.419 e. The quantitative estimate of drug-likeness (QED) is 0.421. The van der Waals surface area contributed by atoms with E-state index in [1.54, 1.807) is 0 Å². The SMILES string of the molecule is CCCc1ccc(-c2cc(F)c(-c3ccc4c(c3)C=CC(F)(F)O4)c(F)c2)cc1. The van der Waals surface area contributed by atoms with Gasteiger partial charge in [0, 0.05) is 11.6 Å².